The summed E-state index contributed by atoms with van der Waals surface area (Å²) >= 11 is 0. The van der Waals surface area contributed by atoms with Crippen molar-refractivity contribution in [3.63, 3.8) is 0 Å². The van der Waals surface area contributed by atoms with Gasteiger partial charge in [-0.05, 0) is 38.0 Å². The van der Waals surface area contributed by atoms with E-state index in [1.807, 2.05) is 0 Å². The highest BCUT2D eigenvalue weighted by molar-refractivity contribution is 7.04. The smallest absolute Gasteiger partial charge is 0.0626 e. The van der Waals surface area contributed by atoms with Crippen LogP contribution >= 0.6 is 0 Å². The molecule has 0 unspecified atom stereocenters. The Morgan fingerprint density at radius 3 is 1.89 bits per heavy atom. The zero-order valence-corrected chi connectivity index (χ0v) is 13.2. The molecular weight excluding hydrogens is 244 g/mol. The van der Waals surface area contributed by atoms with Gasteiger partial charge in [0.15, 0.2) is 0 Å². The largest absolute Gasteiger partial charge is 0.118 e. The topological polar surface area (TPSA) is 0 Å². The fraction of sp³-hybridized carbons (Fsp3) is 0.333. The van der Waals surface area contributed by atoms with Gasteiger partial charge >= 0.3 is 0 Å². The van der Waals surface area contributed by atoms with Gasteiger partial charge in [-0.25, -0.2) is 0 Å². The van der Waals surface area contributed by atoms with Crippen LogP contribution in [0, 0.1) is 20.8 Å². The lowest BCUT2D eigenvalue weighted by Gasteiger charge is -2.43. The summed E-state index contributed by atoms with van der Waals surface area (Å²) in [4.78, 5) is 0. The highest BCUT2D eigenvalue weighted by Gasteiger charge is 2.44. The van der Waals surface area contributed by atoms with Gasteiger partial charge in [-0.3, -0.25) is 0 Å². The van der Waals surface area contributed by atoms with E-state index in [9.17, 15) is 0 Å². The Morgan fingerprint density at radius 2 is 1.42 bits per heavy atom. The summed E-state index contributed by atoms with van der Waals surface area (Å²) in [5.41, 5.74) is 4.44. The van der Waals surface area contributed by atoms with E-state index in [2.05, 4.69) is 63.2 Å². The van der Waals surface area contributed by atoms with E-state index in [0.29, 0.717) is 0 Å². The monoisotopic (exact) mass is 266 g/mol. The number of rotatable bonds is 2. The first-order chi connectivity index (χ1) is 9.13. The molecule has 1 saturated heterocycles. The van der Waals surface area contributed by atoms with Crippen LogP contribution in [0.1, 0.15) is 23.1 Å². The third-order valence-electron chi connectivity index (χ3n) is 4.69. The normalized spacial score (nSPS) is 17.0. The number of hydrogen-bond donors (Lipinski definition) is 0. The second-order valence-corrected chi connectivity index (χ2v) is 10.3. The second kappa shape index (κ2) is 4.64. The first kappa shape index (κ1) is 12.7. The summed E-state index contributed by atoms with van der Waals surface area (Å²) in [6, 6.07) is 18.9. The van der Waals surface area contributed by atoms with Crippen molar-refractivity contribution in [1.82, 2.24) is 0 Å². The van der Waals surface area contributed by atoms with Crippen LogP contribution in [0.3, 0.4) is 0 Å². The molecule has 0 radical (unpaired) electrons. The van der Waals surface area contributed by atoms with E-state index in [1.54, 1.807) is 10.4 Å². The number of hydrogen-bond acceptors (Lipinski definition) is 0. The Bertz CT molecular complexity index is 571. The predicted molar refractivity (Wildman–Crippen MR) is 86.3 cm³/mol. The minimum absolute atomic E-state index is 1.40. The zero-order valence-electron chi connectivity index (χ0n) is 12.2. The summed E-state index contributed by atoms with van der Waals surface area (Å²) in [5.74, 6) is 0. The van der Waals surface area contributed by atoms with Crippen molar-refractivity contribution < 1.29 is 0 Å². The molecule has 0 atom stereocenters. The van der Waals surface area contributed by atoms with Crippen LogP contribution in [-0.2, 0) is 0 Å². The second-order valence-electron chi connectivity index (χ2n) is 6.08. The van der Waals surface area contributed by atoms with E-state index >= 15 is 0 Å². The highest BCUT2D eigenvalue weighted by atomic mass is 28.3. The first-order valence-electron chi connectivity index (χ1n) is 7.27. The SMILES string of the molecule is Cc1cc(C)c([Si]2(c3ccccc3)CCC2)c(C)c1. The standard InChI is InChI=1S/C18H22Si/c1-14-12-15(2)18(16(3)13-14)19(10-7-11-19)17-8-5-4-6-9-17/h4-6,8-9,12-13H,7,10-11H2,1-3H3. The van der Waals surface area contributed by atoms with Gasteiger partial charge in [-0.15, -0.1) is 0 Å². The molecule has 0 amide bonds. The lowest BCUT2D eigenvalue weighted by molar-refractivity contribution is 0.925. The maximum Gasteiger partial charge on any atom is 0.118 e. The van der Waals surface area contributed by atoms with E-state index in [4.69, 9.17) is 0 Å². The summed E-state index contributed by atoms with van der Waals surface area (Å²) in [7, 11) is -1.41. The summed E-state index contributed by atoms with van der Waals surface area (Å²) < 4.78 is 0. The number of benzene rings is 2. The Hall–Kier alpha value is -1.34. The van der Waals surface area contributed by atoms with Crippen molar-refractivity contribution in [2.24, 2.45) is 0 Å². The molecule has 1 fully saturated rings. The molecule has 0 nitrogen and oxygen atoms in total. The molecule has 1 heteroatoms. The van der Waals surface area contributed by atoms with Crippen LogP contribution in [0.25, 0.3) is 0 Å². The molecule has 0 aliphatic carbocycles. The van der Waals surface area contributed by atoms with Crippen LogP contribution in [0.4, 0.5) is 0 Å². The molecule has 1 aliphatic heterocycles. The molecular formula is C18H22Si. The van der Waals surface area contributed by atoms with E-state index in [-0.39, 0.29) is 0 Å². The Morgan fingerprint density at radius 1 is 0.842 bits per heavy atom. The Kier molecular flexibility index (Phi) is 3.10. The van der Waals surface area contributed by atoms with Crippen molar-refractivity contribution in [1.29, 1.82) is 0 Å². The molecule has 0 spiro atoms. The fourth-order valence-electron chi connectivity index (χ4n) is 3.91. The van der Waals surface area contributed by atoms with Crippen LogP contribution in [0.5, 0.6) is 0 Å². The van der Waals surface area contributed by atoms with Gasteiger partial charge in [0.25, 0.3) is 0 Å². The summed E-state index contributed by atoms with van der Waals surface area (Å²) in [6.07, 6.45) is 1.41. The third kappa shape index (κ3) is 1.97. The van der Waals surface area contributed by atoms with Gasteiger partial charge in [0.2, 0.25) is 0 Å². The van der Waals surface area contributed by atoms with Crippen LogP contribution < -0.4 is 10.4 Å². The van der Waals surface area contributed by atoms with Gasteiger partial charge in [0.1, 0.15) is 8.07 Å². The third-order valence-corrected chi connectivity index (χ3v) is 10.3. The maximum absolute atomic E-state index is 2.37. The van der Waals surface area contributed by atoms with E-state index < -0.39 is 8.07 Å². The molecule has 98 valence electrons. The summed E-state index contributed by atoms with van der Waals surface area (Å²) in [6.45, 7) is 6.83. The molecule has 2 aromatic rings. The first-order valence-corrected chi connectivity index (χ1v) is 9.69. The van der Waals surface area contributed by atoms with Crippen LogP contribution in [-0.4, -0.2) is 8.07 Å². The Labute approximate surface area is 117 Å². The van der Waals surface area contributed by atoms with Crippen molar-refractivity contribution >= 4 is 18.4 Å². The van der Waals surface area contributed by atoms with Crippen LogP contribution in [0.2, 0.25) is 12.1 Å². The average Bonchev–Trinajstić information content (AvgIpc) is 2.32. The van der Waals surface area contributed by atoms with Crippen molar-refractivity contribution in [3.8, 4) is 0 Å². The van der Waals surface area contributed by atoms with Crippen molar-refractivity contribution in [2.75, 3.05) is 0 Å². The summed E-state index contributed by atoms with van der Waals surface area (Å²) in [5, 5.41) is 3.35. The van der Waals surface area contributed by atoms with Gasteiger partial charge in [-0.1, -0.05) is 70.8 Å². The quantitative estimate of drug-likeness (QED) is 0.729. The van der Waals surface area contributed by atoms with Gasteiger partial charge in [0, 0.05) is 0 Å². The molecule has 0 saturated carbocycles. The number of aryl methyl sites for hydroxylation is 3. The average molecular weight is 266 g/mol. The van der Waals surface area contributed by atoms with E-state index in [0.717, 1.165) is 0 Å². The molecule has 3 rings (SSSR count). The lowest BCUT2D eigenvalue weighted by Crippen LogP contribution is -2.64. The highest BCUT2D eigenvalue weighted by Crippen LogP contribution is 2.33. The van der Waals surface area contributed by atoms with Crippen molar-refractivity contribution in [3.05, 3.63) is 59.2 Å². The minimum Gasteiger partial charge on any atom is -0.0626 e. The predicted octanol–water partition coefficient (Wildman–Crippen LogP) is 3.58. The van der Waals surface area contributed by atoms with Gasteiger partial charge in [0.05, 0.1) is 0 Å². The fourth-order valence-corrected chi connectivity index (χ4v) is 8.82. The molecule has 0 N–H and O–H groups in total. The Balaban J connectivity index is 2.19. The maximum atomic E-state index is 2.37. The minimum atomic E-state index is -1.41. The zero-order chi connectivity index (χ0) is 13.5. The molecule has 1 aliphatic rings. The van der Waals surface area contributed by atoms with Gasteiger partial charge in [-0.2, -0.15) is 0 Å². The molecule has 1 heterocycles. The molecule has 2 aromatic carbocycles. The van der Waals surface area contributed by atoms with Crippen molar-refractivity contribution in [2.45, 2.75) is 39.3 Å². The van der Waals surface area contributed by atoms with Gasteiger partial charge < -0.3 is 0 Å². The van der Waals surface area contributed by atoms with Crippen LogP contribution in [0.15, 0.2) is 42.5 Å². The molecule has 0 aromatic heterocycles. The molecule has 19 heavy (non-hydrogen) atoms. The van der Waals surface area contributed by atoms with E-state index in [1.165, 1.54) is 35.2 Å². The molecule has 0 bridgehead atoms. The lowest BCUT2D eigenvalue weighted by atomic mass is 10.1.